The number of aryl methyl sites for hydroxylation is 3. The predicted molar refractivity (Wildman–Crippen MR) is 111 cm³/mol. The van der Waals surface area contributed by atoms with Gasteiger partial charge >= 0.3 is 0 Å². The number of anilines is 2. The van der Waals surface area contributed by atoms with E-state index < -0.39 is 0 Å². The van der Waals surface area contributed by atoms with Crippen LogP contribution < -0.4 is 10.5 Å². The molecule has 3 rings (SSSR count). The summed E-state index contributed by atoms with van der Waals surface area (Å²) in [5.41, 5.74) is 5.15. The van der Waals surface area contributed by atoms with Crippen LogP contribution in [0.3, 0.4) is 0 Å². The van der Waals surface area contributed by atoms with Gasteiger partial charge in [-0.25, -0.2) is 4.98 Å². The monoisotopic (exact) mass is 369 g/mol. The molecule has 1 aliphatic rings. The van der Waals surface area contributed by atoms with E-state index in [2.05, 4.69) is 60.8 Å². The summed E-state index contributed by atoms with van der Waals surface area (Å²) in [4.78, 5) is 24.4. The highest BCUT2D eigenvalue weighted by Gasteiger charge is 2.27. The topological polar surface area (TPSA) is 44.6 Å². The van der Waals surface area contributed by atoms with E-state index in [1.165, 1.54) is 11.1 Å². The molecular formula is C21H31N5O. The first-order chi connectivity index (χ1) is 12.8. The highest BCUT2D eigenvalue weighted by atomic mass is 16.1. The highest BCUT2D eigenvalue weighted by molar-refractivity contribution is 5.63. The Morgan fingerprint density at radius 2 is 1.85 bits per heavy atom. The largest absolute Gasteiger partial charge is 0.309 e. The summed E-state index contributed by atoms with van der Waals surface area (Å²) < 4.78 is 1.82. The predicted octanol–water partition coefficient (Wildman–Crippen LogP) is 2.80. The fraction of sp³-hybridized carbons (Fsp3) is 0.524. The molecule has 0 fully saturated rings. The van der Waals surface area contributed by atoms with Crippen molar-refractivity contribution in [1.29, 1.82) is 0 Å². The van der Waals surface area contributed by atoms with Crippen molar-refractivity contribution in [2.75, 3.05) is 38.8 Å². The molecule has 0 atom stereocenters. The number of fused-ring (bicyclic) bond motifs is 1. The van der Waals surface area contributed by atoms with Crippen LogP contribution in [0.1, 0.15) is 28.8 Å². The maximum atomic E-state index is 12.9. The van der Waals surface area contributed by atoms with E-state index in [0.717, 1.165) is 49.1 Å². The molecule has 0 amide bonds. The van der Waals surface area contributed by atoms with Gasteiger partial charge in [0.2, 0.25) is 5.95 Å². The second kappa shape index (κ2) is 7.82. The summed E-state index contributed by atoms with van der Waals surface area (Å²) in [5, 5.41) is 0. The lowest BCUT2D eigenvalue weighted by atomic mass is 10.1. The van der Waals surface area contributed by atoms with Crippen LogP contribution in [0.4, 0.5) is 11.6 Å². The third kappa shape index (κ3) is 4.06. The first-order valence-electron chi connectivity index (χ1n) is 9.58. The second-order valence-corrected chi connectivity index (χ2v) is 7.91. The number of benzene rings is 1. The Morgan fingerprint density at radius 1 is 1.11 bits per heavy atom. The first-order valence-corrected chi connectivity index (χ1v) is 9.58. The molecule has 0 spiro atoms. The van der Waals surface area contributed by atoms with Gasteiger partial charge in [0, 0.05) is 23.5 Å². The van der Waals surface area contributed by atoms with E-state index in [1.54, 1.807) is 0 Å². The molecule has 6 heteroatoms. The van der Waals surface area contributed by atoms with Gasteiger partial charge in [0.1, 0.15) is 0 Å². The van der Waals surface area contributed by atoms with Crippen LogP contribution in [-0.2, 0) is 6.67 Å². The van der Waals surface area contributed by atoms with E-state index in [4.69, 9.17) is 4.98 Å². The molecule has 0 radical (unpaired) electrons. The summed E-state index contributed by atoms with van der Waals surface area (Å²) >= 11 is 0. The molecule has 1 aromatic carbocycles. The maximum Gasteiger partial charge on any atom is 0.259 e. The van der Waals surface area contributed by atoms with Gasteiger partial charge in [-0.2, -0.15) is 0 Å². The van der Waals surface area contributed by atoms with Crippen molar-refractivity contribution in [3.8, 4) is 0 Å². The summed E-state index contributed by atoms with van der Waals surface area (Å²) in [6, 6.07) is 6.44. The average Bonchev–Trinajstić information content (AvgIpc) is 2.60. The van der Waals surface area contributed by atoms with E-state index >= 15 is 0 Å². The standard InChI is InChI=1S/C21H31N5O/c1-15-8-9-19(16(2)12-15)25-13-24(11-7-10-23(5)6)14-26-20(27)17(3)18(4)22-21(25)26/h8-9,12H,7,10-11,13-14H2,1-6H3. The van der Waals surface area contributed by atoms with Crippen LogP contribution in [0.2, 0.25) is 0 Å². The molecule has 0 saturated heterocycles. The van der Waals surface area contributed by atoms with Gasteiger partial charge in [-0.15, -0.1) is 0 Å². The van der Waals surface area contributed by atoms with Crippen molar-refractivity contribution in [2.45, 2.75) is 40.8 Å². The molecule has 27 heavy (non-hydrogen) atoms. The smallest absolute Gasteiger partial charge is 0.259 e. The molecule has 2 aromatic rings. The number of nitrogens with zero attached hydrogens (tertiary/aromatic N) is 5. The Bertz CT molecular complexity index is 887. The quantitative estimate of drug-likeness (QED) is 0.811. The van der Waals surface area contributed by atoms with Crippen molar-refractivity contribution in [2.24, 2.45) is 0 Å². The second-order valence-electron chi connectivity index (χ2n) is 7.91. The number of aromatic nitrogens is 2. The van der Waals surface area contributed by atoms with Crippen LogP contribution in [0, 0.1) is 27.7 Å². The molecule has 2 heterocycles. The Balaban J connectivity index is 2.02. The molecule has 0 bridgehead atoms. The lowest BCUT2D eigenvalue weighted by molar-refractivity contribution is 0.189. The molecule has 146 valence electrons. The van der Waals surface area contributed by atoms with E-state index in [-0.39, 0.29) is 5.56 Å². The third-order valence-corrected chi connectivity index (χ3v) is 5.26. The molecule has 1 aromatic heterocycles. The zero-order valence-corrected chi connectivity index (χ0v) is 17.4. The van der Waals surface area contributed by atoms with Crippen molar-refractivity contribution in [1.82, 2.24) is 19.4 Å². The molecule has 6 nitrogen and oxygen atoms in total. The Morgan fingerprint density at radius 3 is 2.52 bits per heavy atom. The van der Waals surface area contributed by atoms with Crippen LogP contribution in [0.15, 0.2) is 23.0 Å². The summed E-state index contributed by atoms with van der Waals surface area (Å²) in [7, 11) is 4.18. The van der Waals surface area contributed by atoms with Crippen LogP contribution in [-0.4, -0.2) is 53.2 Å². The van der Waals surface area contributed by atoms with Gasteiger partial charge < -0.3 is 4.90 Å². The number of hydrogen-bond donors (Lipinski definition) is 0. The van der Waals surface area contributed by atoms with Crippen molar-refractivity contribution in [3.63, 3.8) is 0 Å². The fourth-order valence-electron chi connectivity index (χ4n) is 3.63. The van der Waals surface area contributed by atoms with E-state index in [9.17, 15) is 4.79 Å². The molecular weight excluding hydrogens is 338 g/mol. The lowest BCUT2D eigenvalue weighted by Crippen LogP contribution is -2.48. The molecule has 0 saturated carbocycles. The average molecular weight is 370 g/mol. The Hall–Kier alpha value is -2.18. The Kier molecular flexibility index (Phi) is 5.67. The van der Waals surface area contributed by atoms with Gasteiger partial charge in [0.25, 0.3) is 5.56 Å². The zero-order chi connectivity index (χ0) is 19.7. The maximum absolute atomic E-state index is 12.9. The van der Waals surface area contributed by atoms with E-state index in [0.29, 0.717) is 6.67 Å². The van der Waals surface area contributed by atoms with Gasteiger partial charge in [-0.05, 0) is 66.4 Å². The van der Waals surface area contributed by atoms with Gasteiger partial charge in [0.05, 0.1) is 13.3 Å². The van der Waals surface area contributed by atoms with Crippen molar-refractivity contribution < 1.29 is 0 Å². The van der Waals surface area contributed by atoms with Crippen LogP contribution in [0.25, 0.3) is 0 Å². The number of hydrogen-bond acceptors (Lipinski definition) is 5. The minimum Gasteiger partial charge on any atom is -0.309 e. The molecule has 1 aliphatic heterocycles. The minimum atomic E-state index is 0.0598. The van der Waals surface area contributed by atoms with Gasteiger partial charge in [-0.1, -0.05) is 17.7 Å². The summed E-state index contributed by atoms with van der Waals surface area (Å²) in [6.07, 6.45) is 1.07. The van der Waals surface area contributed by atoms with Crippen molar-refractivity contribution in [3.05, 3.63) is 50.9 Å². The first kappa shape index (κ1) is 19.6. The van der Waals surface area contributed by atoms with Gasteiger partial charge in [0.15, 0.2) is 0 Å². The zero-order valence-electron chi connectivity index (χ0n) is 17.4. The van der Waals surface area contributed by atoms with E-state index in [1.807, 2.05) is 18.4 Å². The minimum absolute atomic E-state index is 0.0598. The highest BCUT2D eigenvalue weighted by Crippen LogP contribution is 2.30. The van der Waals surface area contributed by atoms with Crippen molar-refractivity contribution >= 4 is 11.6 Å². The SMILES string of the molecule is Cc1ccc(N2CN(CCCN(C)C)Cn3c2nc(C)c(C)c3=O)c(C)c1. The molecule has 0 N–H and O–H groups in total. The van der Waals surface area contributed by atoms with Crippen LogP contribution >= 0.6 is 0 Å². The summed E-state index contributed by atoms with van der Waals surface area (Å²) in [5.74, 6) is 0.749. The summed E-state index contributed by atoms with van der Waals surface area (Å²) in [6.45, 7) is 11.3. The fourth-order valence-corrected chi connectivity index (χ4v) is 3.63. The van der Waals surface area contributed by atoms with Gasteiger partial charge in [-0.3, -0.25) is 19.2 Å². The number of rotatable bonds is 5. The Labute approximate surface area is 162 Å². The molecule has 0 aliphatic carbocycles. The normalized spacial score (nSPS) is 14.7. The lowest BCUT2D eigenvalue weighted by Gasteiger charge is -2.39. The third-order valence-electron chi connectivity index (χ3n) is 5.26. The molecule has 0 unspecified atom stereocenters. The van der Waals surface area contributed by atoms with Crippen LogP contribution in [0.5, 0.6) is 0 Å².